The highest BCUT2D eigenvalue weighted by Crippen LogP contribution is 2.21. The Labute approximate surface area is 129 Å². The number of anilines is 2. The molecule has 2 aromatic carbocycles. The Morgan fingerprint density at radius 3 is 2.48 bits per heavy atom. The second kappa shape index (κ2) is 7.11. The van der Waals surface area contributed by atoms with Gasteiger partial charge in [-0.05, 0) is 42.8 Å². The van der Waals surface area contributed by atoms with Crippen LogP contribution in [0.15, 0.2) is 48.5 Å². The summed E-state index contributed by atoms with van der Waals surface area (Å²) in [5.41, 5.74) is 2.40. The Bertz CT molecular complexity index is 614. The van der Waals surface area contributed by atoms with Crippen LogP contribution in [0.3, 0.4) is 0 Å². The molecule has 0 aliphatic heterocycles. The number of nitrogens with one attached hydrogen (secondary N) is 1. The first-order chi connectivity index (χ1) is 10.1. The zero-order valence-electron chi connectivity index (χ0n) is 11.7. The number of urea groups is 1. The fourth-order valence-corrected chi connectivity index (χ4v) is 2.15. The number of benzene rings is 2. The monoisotopic (exact) mass is 304 g/mol. The average molecular weight is 305 g/mol. The minimum atomic E-state index is -0.291. The first kappa shape index (κ1) is 15.4. The third kappa shape index (κ3) is 3.97. The van der Waals surface area contributed by atoms with E-state index in [9.17, 15) is 9.90 Å². The van der Waals surface area contributed by atoms with Crippen molar-refractivity contribution in [3.63, 3.8) is 0 Å². The molecule has 0 aromatic heterocycles. The SMILES string of the molecule is Cc1ccccc1N(CCO)C(=O)Nc1ccc(Cl)cc1. The number of amides is 2. The van der Waals surface area contributed by atoms with Crippen molar-refractivity contribution in [2.24, 2.45) is 0 Å². The lowest BCUT2D eigenvalue weighted by molar-refractivity contribution is 0.252. The highest BCUT2D eigenvalue weighted by atomic mass is 35.5. The summed E-state index contributed by atoms with van der Waals surface area (Å²) in [6, 6.07) is 14.1. The third-order valence-electron chi connectivity index (χ3n) is 3.07. The van der Waals surface area contributed by atoms with Crippen LogP contribution in [0.1, 0.15) is 5.56 Å². The molecule has 0 spiro atoms. The highest BCUT2D eigenvalue weighted by molar-refractivity contribution is 6.30. The third-order valence-corrected chi connectivity index (χ3v) is 3.32. The molecule has 0 heterocycles. The fraction of sp³-hybridized carbons (Fsp3) is 0.188. The van der Waals surface area contributed by atoms with Crippen molar-refractivity contribution >= 4 is 29.0 Å². The molecule has 0 bridgehead atoms. The van der Waals surface area contributed by atoms with Crippen LogP contribution in [0, 0.1) is 6.92 Å². The lowest BCUT2D eigenvalue weighted by Gasteiger charge is -2.24. The van der Waals surface area contributed by atoms with E-state index in [-0.39, 0.29) is 19.2 Å². The molecule has 0 aliphatic carbocycles. The highest BCUT2D eigenvalue weighted by Gasteiger charge is 2.16. The molecule has 4 nitrogen and oxygen atoms in total. The lowest BCUT2D eigenvalue weighted by atomic mass is 10.2. The van der Waals surface area contributed by atoms with Crippen molar-refractivity contribution in [2.75, 3.05) is 23.4 Å². The number of aliphatic hydroxyl groups is 1. The smallest absolute Gasteiger partial charge is 0.326 e. The van der Waals surface area contributed by atoms with Crippen LogP contribution in [-0.2, 0) is 0 Å². The Morgan fingerprint density at radius 1 is 1.19 bits per heavy atom. The minimum absolute atomic E-state index is 0.109. The van der Waals surface area contributed by atoms with E-state index in [1.54, 1.807) is 24.3 Å². The Morgan fingerprint density at radius 2 is 1.86 bits per heavy atom. The van der Waals surface area contributed by atoms with Crippen molar-refractivity contribution in [3.05, 3.63) is 59.1 Å². The Kier molecular flexibility index (Phi) is 5.20. The van der Waals surface area contributed by atoms with Crippen LogP contribution in [0.4, 0.5) is 16.2 Å². The first-order valence-electron chi connectivity index (χ1n) is 6.62. The van der Waals surface area contributed by atoms with Crippen LogP contribution in [0.25, 0.3) is 0 Å². The van der Waals surface area contributed by atoms with Gasteiger partial charge in [-0.3, -0.25) is 4.90 Å². The van der Waals surface area contributed by atoms with Crippen molar-refractivity contribution in [1.82, 2.24) is 0 Å². The first-order valence-corrected chi connectivity index (χ1v) is 7.00. The Hall–Kier alpha value is -2.04. The lowest BCUT2D eigenvalue weighted by Crippen LogP contribution is -2.37. The summed E-state index contributed by atoms with van der Waals surface area (Å²) in [6.07, 6.45) is 0. The van der Waals surface area contributed by atoms with Gasteiger partial charge in [0.05, 0.1) is 13.2 Å². The number of aryl methyl sites for hydroxylation is 1. The number of carbonyl (C=O) groups excluding carboxylic acids is 1. The zero-order valence-corrected chi connectivity index (χ0v) is 12.5. The number of nitrogens with zero attached hydrogens (tertiary/aromatic N) is 1. The number of aliphatic hydroxyl groups excluding tert-OH is 1. The molecule has 110 valence electrons. The van der Waals surface area contributed by atoms with Crippen LogP contribution in [-0.4, -0.2) is 24.3 Å². The molecule has 0 fully saturated rings. The number of hydrogen-bond acceptors (Lipinski definition) is 2. The van der Waals surface area contributed by atoms with Gasteiger partial charge in [0.15, 0.2) is 0 Å². The maximum atomic E-state index is 12.4. The molecule has 0 saturated carbocycles. The van der Waals surface area contributed by atoms with Gasteiger partial charge in [-0.15, -0.1) is 0 Å². The summed E-state index contributed by atoms with van der Waals surface area (Å²) in [5, 5.41) is 12.6. The summed E-state index contributed by atoms with van der Waals surface area (Å²) in [5.74, 6) is 0. The zero-order chi connectivity index (χ0) is 15.2. The molecule has 5 heteroatoms. The van der Waals surface area contributed by atoms with E-state index >= 15 is 0 Å². The van der Waals surface area contributed by atoms with Crippen molar-refractivity contribution in [1.29, 1.82) is 0 Å². The van der Waals surface area contributed by atoms with E-state index in [4.69, 9.17) is 11.6 Å². The van der Waals surface area contributed by atoms with Gasteiger partial charge in [0.1, 0.15) is 0 Å². The Balaban J connectivity index is 2.20. The standard InChI is InChI=1S/C16H17ClN2O2/c1-12-4-2-3-5-15(12)19(10-11-20)16(21)18-14-8-6-13(17)7-9-14/h2-9,20H,10-11H2,1H3,(H,18,21). The predicted molar refractivity (Wildman–Crippen MR) is 86.1 cm³/mol. The number of hydrogen-bond donors (Lipinski definition) is 2. The normalized spacial score (nSPS) is 10.2. The quantitative estimate of drug-likeness (QED) is 0.905. The van der Waals surface area contributed by atoms with E-state index in [1.807, 2.05) is 31.2 Å². The van der Waals surface area contributed by atoms with E-state index in [2.05, 4.69) is 5.32 Å². The van der Waals surface area contributed by atoms with Gasteiger partial charge in [-0.25, -0.2) is 4.79 Å². The van der Waals surface area contributed by atoms with E-state index < -0.39 is 0 Å². The van der Waals surface area contributed by atoms with E-state index in [1.165, 1.54) is 4.90 Å². The predicted octanol–water partition coefficient (Wildman–Crippen LogP) is 3.68. The maximum absolute atomic E-state index is 12.4. The van der Waals surface area contributed by atoms with Crippen LogP contribution in [0.2, 0.25) is 5.02 Å². The maximum Gasteiger partial charge on any atom is 0.326 e. The van der Waals surface area contributed by atoms with Gasteiger partial charge in [0, 0.05) is 16.4 Å². The van der Waals surface area contributed by atoms with Crippen molar-refractivity contribution in [2.45, 2.75) is 6.92 Å². The van der Waals surface area contributed by atoms with Gasteiger partial charge >= 0.3 is 6.03 Å². The van der Waals surface area contributed by atoms with Gasteiger partial charge in [-0.1, -0.05) is 29.8 Å². The number of rotatable bonds is 4. The molecule has 0 unspecified atom stereocenters. The molecular weight excluding hydrogens is 288 g/mol. The summed E-state index contributed by atoms with van der Waals surface area (Å²) >= 11 is 5.82. The van der Waals surface area contributed by atoms with Gasteiger partial charge in [0.25, 0.3) is 0 Å². The molecule has 0 saturated heterocycles. The molecule has 2 amide bonds. The molecule has 2 rings (SSSR count). The second-order valence-corrected chi connectivity index (χ2v) is 5.04. The second-order valence-electron chi connectivity index (χ2n) is 4.60. The molecule has 0 atom stereocenters. The van der Waals surface area contributed by atoms with Crippen molar-refractivity contribution < 1.29 is 9.90 Å². The topological polar surface area (TPSA) is 52.6 Å². The summed E-state index contributed by atoms with van der Waals surface area (Å²) < 4.78 is 0. The summed E-state index contributed by atoms with van der Waals surface area (Å²) in [7, 11) is 0. The molecule has 21 heavy (non-hydrogen) atoms. The number of carbonyl (C=O) groups is 1. The largest absolute Gasteiger partial charge is 0.395 e. The summed E-state index contributed by atoms with van der Waals surface area (Å²) in [6.45, 7) is 2.04. The molecule has 2 N–H and O–H groups in total. The van der Waals surface area contributed by atoms with Crippen LogP contribution < -0.4 is 10.2 Å². The number of halogens is 1. The summed E-state index contributed by atoms with van der Waals surface area (Å²) in [4.78, 5) is 13.9. The fourth-order valence-electron chi connectivity index (χ4n) is 2.02. The van der Waals surface area contributed by atoms with Crippen LogP contribution in [0.5, 0.6) is 0 Å². The van der Waals surface area contributed by atoms with Gasteiger partial charge in [0.2, 0.25) is 0 Å². The minimum Gasteiger partial charge on any atom is -0.395 e. The van der Waals surface area contributed by atoms with Gasteiger partial charge in [-0.2, -0.15) is 0 Å². The molecule has 2 aromatic rings. The molecule has 0 radical (unpaired) electrons. The average Bonchev–Trinajstić information content (AvgIpc) is 2.48. The van der Waals surface area contributed by atoms with Crippen molar-refractivity contribution in [3.8, 4) is 0 Å². The molecule has 0 aliphatic rings. The van der Waals surface area contributed by atoms with Gasteiger partial charge < -0.3 is 10.4 Å². The number of para-hydroxylation sites is 1. The van der Waals surface area contributed by atoms with E-state index in [0.29, 0.717) is 10.7 Å². The van der Waals surface area contributed by atoms with Crippen LogP contribution >= 0.6 is 11.6 Å². The van der Waals surface area contributed by atoms with E-state index in [0.717, 1.165) is 11.3 Å². The molecular formula is C16H17ClN2O2.